The van der Waals surface area contributed by atoms with Gasteiger partial charge in [0.15, 0.2) is 0 Å². The van der Waals surface area contributed by atoms with Gasteiger partial charge in [-0.25, -0.2) is 9.67 Å². The van der Waals surface area contributed by atoms with E-state index in [1.165, 1.54) is 5.56 Å². The van der Waals surface area contributed by atoms with Gasteiger partial charge in [-0.05, 0) is 37.0 Å². The molecule has 0 unspecified atom stereocenters. The molecule has 5 rings (SSSR count). The molecular formula is C21H23N5O2. The minimum absolute atomic E-state index is 0.0127. The van der Waals surface area contributed by atoms with Crippen LogP contribution in [0.25, 0.3) is 5.69 Å². The Morgan fingerprint density at radius 2 is 1.93 bits per heavy atom. The Hall–Kier alpha value is -2.93. The number of imidazole rings is 1. The highest BCUT2D eigenvalue weighted by atomic mass is 16.5. The van der Waals surface area contributed by atoms with E-state index in [4.69, 9.17) is 9.84 Å². The van der Waals surface area contributed by atoms with Gasteiger partial charge in [-0.2, -0.15) is 5.10 Å². The maximum Gasteiger partial charge on any atom is 0.274 e. The third kappa shape index (κ3) is 2.82. The molecule has 28 heavy (non-hydrogen) atoms. The standard InChI is InChI=1S/C21H23N5O2/c1-24-14-18(22-15-24)20(27)25-10-8-21(9-11-25)19-16(7-12-28-21)13-26(23-19)17-5-3-2-4-6-17/h2-6,13-15H,7-12H2,1H3. The van der Waals surface area contributed by atoms with E-state index in [9.17, 15) is 4.79 Å². The van der Waals surface area contributed by atoms with Gasteiger partial charge in [0, 0.05) is 32.5 Å². The molecule has 1 spiro atoms. The van der Waals surface area contributed by atoms with Gasteiger partial charge >= 0.3 is 0 Å². The first kappa shape index (κ1) is 17.2. The highest BCUT2D eigenvalue weighted by molar-refractivity contribution is 5.92. The first-order valence-electron chi connectivity index (χ1n) is 9.70. The number of nitrogens with zero attached hydrogens (tertiary/aromatic N) is 5. The molecule has 1 aromatic carbocycles. The lowest BCUT2D eigenvalue weighted by Crippen LogP contribution is -2.48. The number of ether oxygens (including phenoxy) is 1. The van der Waals surface area contributed by atoms with Gasteiger partial charge in [-0.1, -0.05) is 18.2 Å². The minimum atomic E-state index is -0.394. The topological polar surface area (TPSA) is 65.2 Å². The van der Waals surface area contributed by atoms with Crippen LogP contribution in [0.3, 0.4) is 0 Å². The normalized spacial score (nSPS) is 18.2. The zero-order chi connectivity index (χ0) is 19.1. The van der Waals surface area contributed by atoms with Gasteiger partial charge in [-0.3, -0.25) is 4.79 Å². The number of hydrogen-bond donors (Lipinski definition) is 0. The number of amides is 1. The number of carbonyl (C=O) groups excluding carboxylic acids is 1. The summed E-state index contributed by atoms with van der Waals surface area (Å²) in [4.78, 5) is 18.8. The van der Waals surface area contributed by atoms with Crippen molar-refractivity contribution in [2.24, 2.45) is 7.05 Å². The summed E-state index contributed by atoms with van der Waals surface area (Å²) in [7, 11) is 1.87. The van der Waals surface area contributed by atoms with Gasteiger partial charge in [0.05, 0.1) is 24.3 Å². The van der Waals surface area contributed by atoms with Crippen molar-refractivity contribution < 1.29 is 9.53 Å². The molecular weight excluding hydrogens is 354 g/mol. The Morgan fingerprint density at radius 3 is 2.64 bits per heavy atom. The van der Waals surface area contributed by atoms with Crippen LogP contribution in [0.1, 0.15) is 34.6 Å². The Labute approximate surface area is 163 Å². The molecule has 1 saturated heterocycles. The van der Waals surface area contributed by atoms with Crippen molar-refractivity contribution in [1.82, 2.24) is 24.2 Å². The van der Waals surface area contributed by atoms with Gasteiger partial charge in [0.2, 0.25) is 0 Å². The van der Waals surface area contributed by atoms with E-state index in [-0.39, 0.29) is 5.91 Å². The summed E-state index contributed by atoms with van der Waals surface area (Å²) in [5, 5.41) is 4.90. The third-order valence-corrected chi connectivity index (χ3v) is 5.77. The fourth-order valence-electron chi connectivity index (χ4n) is 4.25. The zero-order valence-corrected chi connectivity index (χ0v) is 15.9. The molecule has 7 heteroatoms. The molecule has 0 aliphatic carbocycles. The van der Waals surface area contributed by atoms with Gasteiger partial charge in [0.1, 0.15) is 11.3 Å². The van der Waals surface area contributed by atoms with Crippen LogP contribution in [-0.2, 0) is 23.8 Å². The third-order valence-electron chi connectivity index (χ3n) is 5.77. The Bertz CT molecular complexity index is 999. The molecule has 3 aromatic rings. The van der Waals surface area contributed by atoms with Crippen LogP contribution in [0.2, 0.25) is 0 Å². The van der Waals surface area contributed by atoms with E-state index in [0.29, 0.717) is 25.4 Å². The fourth-order valence-corrected chi connectivity index (χ4v) is 4.25. The molecule has 0 bridgehead atoms. The molecule has 0 saturated carbocycles. The number of aryl methyl sites for hydroxylation is 1. The van der Waals surface area contributed by atoms with Crippen molar-refractivity contribution in [3.8, 4) is 5.69 Å². The highest BCUT2D eigenvalue weighted by Gasteiger charge is 2.44. The number of carbonyl (C=O) groups is 1. The summed E-state index contributed by atoms with van der Waals surface area (Å²) in [6.45, 7) is 1.99. The molecule has 144 valence electrons. The van der Waals surface area contributed by atoms with Crippen molar-refractivity contribution in [2.45, 2.75) is 24.9 Å². The molecule has 2 aliphatic rings. The largest absolute Gasteiger partial charge is 0.368 e. The molecule has 1 fully saturated rings. The second kappa shape index (κ2) is 6.60. The first-order chi connectivity index (χ1) is 13.6. The Morgan fingerprint density at radius 1 is 1.14 bits per heavy atom. The van der Waals surface area contributed by atoms with Crippen molar-refractivity contribution in [3.05, 3.63) is 66.0 Å². The van der Waals surface area contributed by atoms with Gasteiger partial charge in [0.25, 0.3) is 5.91 Å². The van der Waals surface area contributed by atoms with E-state index in [0.717, 1.165) is 30.6 Å². The highest BCUT2D eigenvalue weighted by Crippen LogP contribution is 2.41. The second-order valence-electron chi connectivity index (χ2n) is 7.59. The van der Waals surface area contributed by atoms with E-state index < -0.39 is 5.60 Å². The van der Waals surface area contributed by atoms with Crippen LogP contribution in [0.4, 0.5) is 0 Å². The average molecular weight is 377 g/mol. The maximum absolute atomic E-state index is 12.7. The molecule has 7 nitrogen and oxygen atoms in total. The van der Waals surface area contributed by atoms with Gasteiger partial charge in [-0.15, -0.1) is 0 Å². The molecule has 1 amide bonds. The number of fused-ring (bicyclic) bond motifs is 2. The lowest BCUT2D eigenvalue weighted by molar-refractivity contribution is -0.0963. The molecule has 2 aromatic heterocycles. The summed E-state index contributed by atoms with van der Waals surface area (Å²) in [6, 6.07) is 10.2. The van der Waals surface area contributed by atoms with E-state index in [1.807, 2.05) is 34.8 Å². The van der Waals surface area contributed by atoms with E-state index in [2.05, 4.69) is 23.3 Å². The minimum Gasteiger partial charge on any atom is -0.368 e. The predicted molar refractivity (Wildman–Crippen MR) is 103 cm³/mol. The molecule has 0 atom stereocenters. The number of aromatic nitrogens is 4. The van der Waals surface area contributed by atoms with Crippen LogP contribution < -0.4 is 0 Å². The first-order valence-corrected chi connectivity index (χ1v) is 9.70. The van der Waals surface area contributed by atoms with Crippen molar-refractivity contribution in [3.63, 3.8) is 0 Å². The quantitative estimate of drug-likeness (QED) is 0.687. The number of likely N-dealkylation sites (tertiary alicyclic amines) is 1. The zero-order valence-electron chi connectivity index (χ0n) is 15.9. The number of piperidine rings is 1. The van der Waals surface area contributed by atoms with Crippen molar-refractivity contribution >= 4 is 5.91 Å². The summed E-state index contributed by atoms with van der Waals surface area (Å²) in [5.41, 5.74) is 3.44. The number of hydrogen-bond acceptors (Lipinski definition) is 4. The summed E-state index contributed by atoms with van der Waals surface area (Å²) < 4.78 is 10.0. The number of para-hydroxylation sites is 1. The molecule has 4 heterocycles. The second-order valence-corrected chi connectivity index (χ2v) is 7.59. The van der Waals surface area contributed by atoms with Crippen LogP contribution in [0.15, 0.2) is 49.1 Å². The lowest BCUT2D eigenvalue weighted by Gasteiger charge is -2.42. The monoisotopic (exact) mass is 377 g/mol. The SMILES string of the molecule is Cn1cnc(C(=O)N2CCC3(CC2)OCCc2cn(-c4ccccc4)nc23)c1. The molecule has 2 aliphatic heterocycles. The number of benzene rings is 1. The Balaban J connectivity index is 1.38. The maximum atomic E-state index is 12.7. The fraction of sp³-hybridized carbons (Fsp3) is 0.381. The van der Waals surface area contributed by atoms with Crippen molar-refractivity contribution in [1.29, 1.82) is 0 Å². The average Bonchev–Trinajstić information content (AvgIpc) is 3.36. The van der Waals surface area contributed by atoms with Crippen LogP contribution in [-0.4, -0.2) is 49.8 Å². The smallest absolute Gasteiger partial charge is 0.274 e. The Kier molecular flexibility index (Phi) is 4.05. The van der Waals surface area contributed by atoms with Crippen molar-refractivity contribution in [2.75, 3.05) is 19.7 Å². The lowest BCUT2D eigenvalue weighted by atomic mass is 9.83. The number of rotatable bonds is 2. The summed E-state index contributed by atoms with van der Waals surface area (Å²) in [6.07, 6.45) is 7.93. The van der Waals surface area contributed by atoms with E-state index in [1.54, 1.807) is 17.1 Å². The van der Waals surface area contributed by atoms with Crippen LogP contribution in [0.5, 0.6) is 0 Å². The van der Waals surface area contributed by atoms with Crippen LogP contribution in [0, 0.1) is 0 Å². The summed E-state index contributed by atoms with van der Waals surface area (Å²) in [5.74, 6) is -0.0127. The predicted octanol–water partition coefficient (Wildman–Crippen LogP) is 2.31. The summed E-state index contributed by atoms with van der Waals surface area (Å²) >= 11 is 0. The van der Waals surface area contributed by atoms with E-state index >= 15 is 0 Å². The molecule has 0 N–H and O–H groups in total. The molecule has 0 radical (unpaired) electrons. The van der Waals surface area contributed by atoms with Gasteiger partial charge < -0.3 is 14.2 Å². The van der Waals surface area contributed by atoms with Crippen LogP contribution >= 0.6 is 0 Å².